The minimum Gasteiger partial charge on any atom is -0.368 e. The second-order valence-corrected chi connectivity index (χ2v) is 9.86. The molecule has 0 bridgehead atoms. The van der Waals surface area contributed by atoms with Gasteiger partial charge in [0.25, 0.3) is 17.5 Å². The molecular formula is C26H27N5O4S. The van der Waals surface area contributed by atoms with Crippen molar-refractivity contribution in [3.05, 3.63) is 80.5 Å². The number of amides is 2. The zero-order chi connectivity index (χ0) is 25.1. The zero-order valence-corrected chi connectivity index (χ0v) is 20.6. The van der Waals surface area contributed by atoms with Crippen LogP contribution in [0.1, 0.15) is 32.9 Å². The van der Waals surface area contributed by atoms with Gasteiger partial charge in [0.2, 0.25) is 0 Å². The molecule has 2 saturated heterocycles. The minimum atomic E-state index is -0.424. The van der Waals surface area contributed by atoms with Crippen molar-refractivity contribution in [1.82, 2.24) is 4.90 Å². The Hall–Kier alpha value is -3.92. The molecule has 5 rings (SSSR count). The first-order valence-corrected chi connectivity index (χ1v) is 12.9. The molecule has 186 valence electrons. The first-order chi connectivity index (χ1) is 17.5. The summed E-state index contributed by atoms with van der Waals surface area (Å²) in [6.07, 6.45) is 2.02. The molecule has 10 heteroatoms. The normalized spacial score (nSPS) is 15.7. The highest BCUT2D eigenvalue weighted by Crippen LogP contribution is 2.32. The highest BCUT2D eigenvalue weighted by molar-refractivity contribution is 7.12. The summed E-state index contributed by atoms with van der Waals surface area (Å²) in [5.74, 6) is -0.309. The summed E-state index contributed by atoms with van der Waals surface area (Å²) in [6.45, 7) is 4.35. The molecule has 0 aliphatic carbocycles. The monoisotopic (exact) mass is 505 g/mol. The van der Waals surface area contributed by atoms with Crippen LogP contribution in [0.3, 0.4) is 0 Å². The Morgan fingerprint density at radius 3 is 2.25 bits per heavy atom. The van der Waals surface area contributed by atoms with Gasteiger partial charge in [0, 0.05) is 62.3 Å². The highest BCUT2D eigenvalue weighted by atomic mass is 32.1. The van der Waals surface area contributed by atoms with Crippen molar-refractivity contribution in [3.8, 4) is 0 Å². The lowest BCUT2D eigenvalue weighted by Crippen LogP contribution is -2.48. The number of anilines is 3. The Morgan fingerprint density at radius 2 is 1.61 bits per heavy atom. The fourth-order valence-electron chi connectivity index (χ4n) is 4.72. The number of rotatable bonds is 6. The molecule has 1 N–H and O–H groups in total. The SMILES string of the molecule is O=C(Nc1ccc(N2CCN(C(=O)c3cccs3)CC2)cc1)c1ccc(N2CCCC2)c([N+](=O)[O-])c1. The van der Waals surface area contributed by atoms with E-state index in [-0.39, 0.29) is 23.1 Å². The summed E-state index contributed by atoms with van der Waals surface area (Å²) in [4.78, 5) is 43.4. The van der Waals surface area contributed by atoms with Crippen molar-refractivity contribution >= 4 is 45.9 Å². The largest absolute Gasteiger partial charge is 0.368 e. The second kappa shape index (κ2) is 10.4. The van der Waals surface area contributed by atoms with Gasteiger partial charge in [-0.05, 0) is 60.7 Å². The lowest BCUT2D eigenvalue weighted by atomic mass is 10.1. The van der Waals surface area contributed by atoms with Crippen molar-refractivity contribution < 1.29 is 14.5 Å². The number of thiophene rings is 1. The van der Waals surface area contributed by atoms with Crippen LogP contribution >= 0.6 is 11.3 Å². The molecule has 0 saturated carbocycles. The van der Waals surface area contributed by atoms with Crippen LogP contribution < -0.4 is 15.1 Å². The number of nitro groups is 1. The van der Waals surface area contributed by atoms with Gasteiger partial charge in [-0.1, -0.05) is 6.07 Å². The summed E-state index contributed by atoms with van der Waals surface area (Å²) >= 11 is 1.46. The number of hydrogen-bond acceptors (Lipinski definition) is 7. The van der Waals surface area contributed by atoms with E-state index in [1.165, 1.54) is 17.4 Å². The number of benzene rings is 2. The second-order valence-electron chi connectivity index (χ2n) is 8.91. The smallest absolute Gasteiger partial charge is 0.293 e. The standard InChI is InChI=1S/C26H27N5O4S/c32-25(19-5-10-22(23(18-19)31(34)35)29-11-1-2-12-29)27-20-6-8-21(9-7-20)28-13-15-30(16-14-28)26(33)24-4-3-17-36-24/h3-10,17-18H,1-2,11-16H2,(H,27,32). The van der Waals surface area contributed by atoms with Gasteiger partial charge >= 0.3 is 0 Å². The molecule has 1 aromatic heterocycles. The van der Waals surface area contributed by atoms with Crippen molar-refractivity contribution in [3.63, 3.8) is 0 Å². The van der Waals surface area contributed by atoms with Gasteiger partial charge in [-0.25, -0.2) is 0 Å². The summed E-state index contributed by atoms with van der Waals surface area (Å²) in [5.41, 5.74) is 2.40. The lowest BCUT2D eigenvalue weighted by molar-refractivity contribution is -0.384. The molecule has 0 unspecified atom stereocenters. The Labute approximate surface area is 213 Å². The van der Waals surface area contributed by atoms with Crippen LogP contribution in [-0.2, 0) is 0 Å². The van der Waals surface area contributed by atoms with E-state index in [2.05, 4.69) is 10.2 Å². The van der Waals surface area contributed by atoms with E-state index in [9.17, 15) is 19.7 Å². The molecule has 2 amide bonds. The quantitative estimate of drug-likeness (QED) is 0.392. The topological polar surface area (TPSA) is 99.0 Å². The summed E-state index contributed by atoms with van der Waals surface area (Å²) in [5, 5.41) is 16.4. The Kier molecular flexibility index (Phi) is 6.86. The maximum Gasteiger partial charge on any atom is 0.293 e. The predicted octanol–water partition coefficient (Wildman–Crippen LogP) is 4.47. The molecule has 3 heterocycles. The van der Waals surface area contributed by atoms with Gasteiger partial charge in [0.15, 0.2) is 0 Å². The molecule has 36 heavy (non-hydrogen) atoms. The Bertz CT molecular complexity index is 1250. The molecule has 2 aliphatic heterocycles. The Morgan fingerprint density at radius 1 is 0.889 bits per heavy atom. The van der Waals surface area contributed by atoms with Gasteiger partial charge in [-0.2, -0.15) is 0 Å². The first kappa shape index (κ1) is 23.8. The summed E-state index contributed by atoms with van der Waals surface area (Å²) in [6, 6.07) is 15.9. The minimum absolute atomic E-state index is 0.0448. The van der Waals surface area contributed by atoms with E-state index in [1.54, 1.807) is 12.1 Å². The van der Waals surface area contributed by atoms with E-state index in [4.69, 9.17) is 0 Å². The molecule has 2 fully saturated rings. The van der Waals surface area contributed by atoms with Gasteiger partial charge < -0.3 is 20.0 Å². The van der Waals surface area contributed by atoms with Crippen LogP contribution in [0.15, 0.2) is 60.0 Å². The fraction of sp³-hybridized carbons (Fsp3) is 0.308. The molecule has 2 aromatic carbocycles. The van der Waals surface area contributed by atoms with E-state index in [0.29, 0.717) is 24.5 Å². The molecular weight excluding hydrogens is 478 g/mol. The molecule has 3 aromatic rings. The van der Waals surface area contributed by atoms with E-state index < -0.39 is 4.92 Å². The molecule has 0 atom stereocenters. The molecule has 9 nitrogen and oxygen atoms in total. The van der Waals surface area contributed by atoms with Crippen LogP contribution in [-0.4, -0.2) is 60.9 Å². The number of nitrogens with zero attached hydrogens (tertiary/aromatic N) is 4. The third kappa shape index (κ3) is 5.03. The highest BCUT2D eigenvalue weighted by Gasteiger charge is 2.25. The van der Waals surface area contributed by atoms with E-state index >= 15 is 0 Å². The maximum absolute atomic E-state index is 12.8. The van der Waals surface area contributed by atoms with E-state index in [1.807, 2.05) is 51.6 Å². The number of carbonyl (C=O) groups is 2. The molecule has 0 radical (unpaired) electrons. The third-order valence-corrected chi connectivity index (χ3v) is 7.53. The van der Waals surface area contributed by atoms with Gasteiger partial charge in [0.1, 0.15) is 5.69 Å². The number of hydrogen-bond donors (Lipinski definition) is 1. The summed E-state index contributed by atoms with van der Waals surface area (Å²) < 4.78 is 0. The van der Waals surface area contributed by atoms with Gasteiger partial charge in [-0.15, -0.1) is 11.3 Å². The predicted molar refractivity (Wildman–Crippen MR) is 141 cm³/mol. The number of piperazine rings is 1. The summed E-state index contributed by atoms with van der Waals surface area (Å²) in [7, 11) is 0. The van der Waals surface area contributed by atoms with Crippen LogP contribution in [0, 0.1) is 10.1 Å². The maximum atomic E-state index is 12.8. The zero-order valence-electron chi connectivity index (χ0n) is 19.8. The van der Waals surface area contributed by atoms with Crippen molar-refractivity contribution in [1.29, 1.82) is 0 Å². The molecule has 0 spiro atoms. The lowest BCUT2D eigenvalue weighted by Gasteiger charge is -2.36. The average molecular weight is 506 g/mol. The van der Waals surface area contributed by atoms with Crippen LogP contribution in [0.25, 0.3) is 0 Å². The van der Waals surface area contributed by atoms with Crippen molar-refractivity contribution in [2.24, 2.45) is 0 Å². The van der Waals surface area contributed by atoms with Crippen molar-refractivity contribution in [2.75, 3.05) is 54.4 Å². The van der Waals surface area contributed by atoms with Crippen LogP contribution in [0.2, 0.25) is 0 Å². The number of carbonyl (C=O) groups excluding carboxylic acids is 2. The van der Waals surface area contributed by atoms with E-state index in [0.717, 1.165) is 49.6 Å². The number of nitro benzene ring substituents is 1. The van der Waals surface area contributed by atoms with Gasteiger partial charge in [0.05, 0.1) is 9.80 Å². The molecule has 2 aliphatic rings. The average Bonchev–Trinajstić information content (AvgIpc) is 3.63. The van der Waals surface area contributed by atoms with Crippen LogP contribution in [0.5, 0.6) is 0 Å². The van der Waals surface area contributed by atoms with Gasteiger partial charge in [-0.3, -0.25) is 19.7 Å². The third-order valence-electron chi connectivity index (χ3n) is 6.67. The van der Waals surface area contributed by atoms with Crippen LogP contribution in [0.4, 0.5) is 22.7 Å². The first-order valence-electron chi connectivity index (χ1n) is 12.0. The Balaban J connectivity index is 1.20. The number of nitrogens with one attached hydrogen (secondary N) is 1. The van der Waals surface area contributed by atoms with Crippen molar-refractivity contribution in [2.45, 2.75) is 12.8 Å². The fourth-order valence-corrected chi connectivity index (χ4v) is 5.41.